The molecule has 1 saturated heterocycles. The van der Waals surface area contributed by atoms with E-state index in [4.69, 9.17) is 27.9 Å². The van der Waals surface area contributed by atoms with Crippen molar-refractivity contribution < 1.29 is 13.2 Å². The summed E-state index contributed by atoms with van der Waals surface area (Å²) in [6.07, 6.45) is 1.85. The van der Waals surface area contributed by atoms with Crippen LogP contribution in [-0.2, 0) is 14.8 Å². The van der Waals surface area contributed by atoms with Gasteiger partial charge in [0.25, 0.3) is 0 Å². The fraction of sp³-hybridized carbons (Fsp3) is 0.571. The Bertz CT molecular complexity index is 620. The molecule has 0 saturated carbocycles. The van der Waals surface area contributed by atoms with Crippen LogP contribution in [0.4, 0.5) is 0 Å². The van der Waals surface area contributed by atoms with Crippen molar-refractivity contribution >= 4 is 33.2 Å². The highest BCUT2D eigenvalue weighted by molar-refractivity contribution is 7.89. The zero-order chi connectivity index (χ0) is 16.4. The van der Waals surface area contributed by atoms with Crippen LogP contribution in [0.5, 0.6) is 0 Å². The number of hydrogen-bond acceptors (Lipinski definition) is 4. The first-order valence-electron chi connectivity index (χ1n) is 6.99. The highest BCUT2D eigenvalue weighted by atomic mass is 35.5. The van der Waals surface area contributed by atoms with E-state index in [9.17, 15) is 8.42 Å². The summed E-state index contributed by atoms with van der Waals surface area (Å²) in [5, 5.41) is 3.99. The maximum atomic E-state index is 12.5. The highest BCUT2D eigenvalue weighted by Crippen LogP contribution is 2.28. The third kappa shape index (κ3) is 3.93. The lowest BCUT2D eigenvalue weighted by Gasteiger charge is -2.28. The molecule has 1 unspecified atom stereocenters. The Kier molecular flexibility index (Phi) is 5.74. The molecule has 1 atom stereocenters. The number of halogens is 2. The molecule has 1 fully saturated rings. The van der Waals surface area contributed by atoms with Gasteiger partial charge >= 0.3 is 0 Å². The summed E-state index contributed by atoms with van der Waals surface area (Å²) in [6.45, 7) is 3.30. The van der Waals surface area contributed by atoms with Crippen LogP contribution in [0.1, 0.15) is 18.4 Å². The molecule has 2 N–H and O–H groups in total. The molecule has 0 spiro atoms. The van der Waals surface area contributed by atoms with Gasteiger partial charge in [-0.1, -0.05) is 23.2 Å². The summed E-state index contributed by atoms with van der Waals surface area (Å²) in [6, 6.07) is 2.83. The molecule has 22 heavy (non-hydrogen) atoms. The smallest absolute Gasteiger partial charge is 0.240 e. The molecule has 124 valence electrons. The average Bonchev–Trinajstić information content (AvgIpc) is 2.92. The zero-order valence-electron chi connectivity index (χ0n) is 12.6. The molecule has 0 amide bonds. The minimum Gasteiger partial charge on any atom is -0.383 e. The molecule has 0 aromatic heterocycles. The van der Waals surface area contributed by atoms with E-state index in [0.717, 1.165) is 19.4 Å². The number of sulfonamides is 1. The number of methoxy groups -OCH3 is 1. The Morgan fingerprint density at radius 1 is 1.36 bits per heavy atom. The lowest BCUT2D eigenvalue weighted by molar-refractivity contribution is 0.122. The van der Waals surface area contributed by atoms with Crippen molar-refractivity contribution in [2.24, 2.45) is 0 Å². The van der Waals surface area contributed by atoms with E-state index in [-0.39, 0.29) is 17.0 Å². The Hall–Kier alpha value is -0.370. The third-order valence-corrected chi connectivity index (χ3v) is 6.08. The SMILES string of the molecule is COCC1(CNS(=O)(=O)c2cc(Cl)c(C)c(Cl)c2)CCCN1. The molecule has 1 aliphatic rings. The summed E-state index contributed by atoms with van der Waals surface area (Å²) >= 11 is 12.0. The summed E-state index contributed by atoms with van der Waals surface area (Å²) in [5.74, 6) is 0. The fourth-order valence-corrected chi connectivity index (χ4v) is 4.36. The first-order chi connectivity index (χ1) is 10.3. The number of rotatable bonds is 6. The van der Waals surface area contributed by atoms with E-state index in [1.54, 1.807) is 14.0 Å². The average molecular weight is 367 g/mol. The van der Waals surface area contributed by atoms with Crippen LogP contribution in [0.2, 0.25) is 10.0 Å². The normalized spacial score (nSPS) is 22.2. The Balaban J connectivity index is 2.17. The van der Waals surface area contributed by atoms with Crippen LogP contribution in [0.15, 0.2) is 17.0 Å². The second-order valence-electron chi connectivity index (χ2n) is 5.58. The largest absolute Gasteiger partial charge is 0.383 e. The van der Waals surface area contributed by atoms with Crippen LogP contribution in [-0.4, -0.2) is 40.8 Å². The Morgan fingerprint density at radius 2 is 2.00 bits per heavy atom. The first kappa shape index (κ1) is 18.0. The van der Waals surface area contributed by atoms with E-state index >= 15 is 0 Å². The van der Waals surface area contributed by atoms with Crippen molar-refractivity contribution in [3.05, 3.63) is 27.7 Å². The van der Waals surface area contributed by atoms with Gasteiger partial charge in [0.05, 0.1) is 17.0 Å². The minimum absolute atomic E-state index is 0.0682. The summed E-state index contributed by atoms with van der Waals surface area (Å²) in [5.41, 5.74) is 0.302. The van der Waals surface area contributed by atoms with Gasteiger partial charge in [0.2, 0.25) is 10.0 Å². The predicted octanol–water partition coefficient (Wildman–Crippen LogP) is 2.35. The maximum Gasteiger partial charge on any atom is 0.240 e. The molecule has 1 aromatic carbocycles. The van der Waals surface area contributed by atoms with Gasteiger partial charge in [-0.15, -0.1) is 0 Å². The third-order valence-electron chi connectivity index (χ3n) is 3.92. The van der Waals surface area contributed by atoms with Crippen molar-refractivity contribution in [2.75, 3.05) is 26.8 Å². The van der Waals surface area contributed by atoms with E-state index < -0.39 is 10.0 Å². The van der Waals surface area contributed by atoms with Crippen molar-refractivity contribution in [1.29, 1.82) is 0 Å². The van der Waals surface area contributed by atoms with Gasteiger partial charge in [-0.3, -0.25) is 0 Å². The van der Waals surface area contributed by atoms with Gasteiger partial charge in [-0.2, -0.15) is 0 Å². The summed E-state index contributed by atoms with van der Waals surface area (Å²) < 4.78 is 32.8. The quantitative estimate of drug-likeness (QED) is 0.810. The molecule has 0 radical (unpaired) electrons. The van der Waals surface area contributed by atoms with Gasteiger partial charge in [0, 0.05) is 23.7 Å². The zero-order valence-corrected chi connectivity index (χ0v) is 14.9. The summed E-state index contributed by atoms with van der Waals surface area (Å²) in [7, 11) is -2.07. The van der Waals surface area contributed by atoms with Gasteiger partial charge in [0.15, 0.2) is 0 Å². The molecule has 0 aliphatic carbocycles. The Labute approximate surface area is 141 Å². The molecule has 1 heterocycles. The molecule has 1 aromatic rings. The fourth-order valence-electron chi connectivity index (χ4n) is 2.56. The molecule has 8 heteroatoms. The molecule has 1 aliphatic heterocycles. The first-order valence-corrected chi connectivity index (χ1v) is 9.23. The van der Waals surface area contributed by atoms with Gasteiger partial charge in [0.1, 0.15) is 0 Å². The molecule has 2 rings (SSSR count). The van der Waals surface area contributed by atoms with Crippen LogP contribution in [0.3, 0.4) is 0 Å². The van der Waals surface area contributed by atoms with Gasteiger partial charge < -0.3 is 10.1 Å². The molecular weight excluding hydrogens is 347 g/mol. The minimum atomic E-state index is -3.68. The topological polar surface area (TPSA) is 67.4 Å². The van der Waals surface area contributed by atoms with Gasteiger partial charge in [-0.05, 0) is 44.0 Å². The Morgan fingerprint density at radius 3 is 2.50 bits per heavy atom. The van der Waals surface area contributed by atoms with Gasteiger partial charge in [-0.25, -0.2) is 13.1 Å². The highest BCUT2D eigenvalue weighted by Gasteiger charge is 2.34. The number of benzene rings is 1. The van der Waals surface area contributed by atoms with Crippen LogP contribution < -0.4 is 10.0 Å². The van der Waals surface area contributed by atoms with Crippen molar-refractivity contribution in [1.82, 2.24) is 10.0 Å². The molecule has 0 bridgehead atoms. The van der Waals surface area contributed by atoms with Crippen molar-refractivity contribution in [3.63, 3.8) is 0 Å². The van der Waals surface area contributed by atoms with Crippen molar-refractivity contribution in [3.8, 4) is 0 Å². The monoisotopic (exact) mass is 366 g/mol. The molecular formula is C14H20Cl2N2O3S. The predicted molar refractivity (Wildman–Crippen MR) is 88.2 cm³/mol. The van der Waals surface area contributed by atoms with E-state index in [0.29, 0.717) is 22.2 Å². The second-order valence-corrected chi connectivity index (χ2v) is 8.16. The lowest BCUT2D eigenvalue weighted by Crippen LogP contribution is -2.52. The van der Waals surface area contributed by atoms with Crippen LogP contribution in [0, 0.1) is 6.92 Å². The van der Waals surface area contributed by atoms with Crippen LogP contribution >= 0.6 is 23.2 Å². The van der Waals surface area contributed by atoms with Crippen molar-refractivity contribution in [2.45, 2.75) is 30.2 Å². The number of nitrogens with one attached hydrogen (secondary N) is 2. The van der Waals surface area contributed by atoms with E-state index in [1.807, 2.05) is 0 Å². The summed E-state index contributed by atoms with van der Waals surface area (Å²) in [4.78, 5) is 0.0682. The second kappa shape index (κ2) is 7.03. The van der Waals surface area contributed by atoms with E-state index in [2.05, 4.69) is 10.0 Å². The maximum absolute atomic E-state index is 12.5. The molecule has 5 nitrogen and oxygen atoms in total. The standard InChI is InChI=1S/C14H20Cl2N2O3S/c1-10-12(15)6-11(7-13(10)16)22(19,20)18-8-14(9-21-2)4-3-5-17-14/h6-7,17-18H,3-5,8-9H2,1-2H3. The number of hydrogen-bond donors (Lipinski definition) is 2. The van der Waals surface area contributed by atoms with Crippen LogP contribution in [0.25, 0.3) is 0 Å². The number of ether oxygens (including phenoxy) is 1. The lowest BCUT2D eigenvalue weighted by atomic mass is 9.99. The van der Waals surface area contributed by atoms with E-state index in [1.165, 1.54) is 12.1 Å².